The molecule has 1 atom stereocenters. The van der Waals surface area contributed by atoms with Crippen LogP contribution in [0.2, 0.25) is 0 Å². The van der Waals surface area contributed by atoms with Crippen LogP contribution in [0.3, 0.4) is 0 Å². The zero-order chi connectivity index (χ0) is 13.1. The molecular weight excluding hydrogens is 226 g/mol. The molecule has 0 aromatic heterocycles. The van der Waals surface area contributed by atoms with Gasteiger partial charge >= 0.3 is 5.97 Å². The highest BCUT2D eigenvalue weighted by Crippen LogP contribution is 2.29. The van der Waals surface area contributed by atoms with Crippen molar-refractivity contribution in [1.82, 2.24) is 0 Å². The minimum Gasteiger partial charge on any atom is -0.481 e. The molecule has 0 aliphatic carbocycles. The third kappa shape index (κ3) is 2.35. The molecule has 0 radical (unpaired) electrons. The van der Waals surface area contributed by atoms with E-state index < -0.39 is 11.9 Å². The van der Waals surface area contributed by atoms with E-state index in [0.29, 0.717) is 11.3 Å². The zero-order valence-corrected chi connectivity index (χ0v) is 10.1. The number of benzene rings is 2. The molecule has 2 aromatic carbocycles. The first kappa shape index (κ1) is 12.2. The molecule has 92 valence electrons. The molecule has 2 rings (SSSR count). The number of hydrogen-bond donors (Lipinski definition) is 2. The van der Waals surface area contributed by atoms with Crippen LogP contribution in [0.4, 0.5) is 5.69 Å². The molecule has 0 saturated heterocycles. The summed E-state index contributed by atoms with van der Waals surface area (Å²) in [6, 6.07) is 14.6. The number of para-hydroxylation sites is 1. The van der Waals surface area contributed by atoms with Gasteiger partial charge in [0.25, 0.3) is 0 Å². The third-order valence-electron chi connectivity index (χ3n) is 2.93. The van der Waals surface area contributed by atoms with Gasteiger partial charge in [-0.3, -0.25) is 4.79 Å². The molecule has 0 amide bonds. The Morgan fingerprint density at radius 2 is 1.89 bits per heavy atom. The van der Waals surface area contributed by atoms with Crippen molar-refractivity contribution in [1.29, 1.82) is 0 Å². The summed E-state index contributed by atoms with van der Waals surface area (Å²) in [5.41, 5.74) is 8.80. The van der Waals surface area contributed by atoms with Gasteiger partial charge < -0.3 is 10.8 Å². The monoisotopic (exact) mass is 241 g/mol. The Morgan fingerprint density at radius 1 is 1.17 bits per heavy atom. The van der Waals surface area contributed by atoms with Crippen molar-refractivity contribution in [3.05, 3.63) is 65.2 Å². The first-order chi connectivity index (χ1) is 8.59. The van der Waals surface area contributed by atoms with Crippen LogP contribution < -0.4 is 5.73 Å². The summed E-state index contributed by atoms with van der Waals surface area (Å²) in [7, 11) is 0. The van der Waals surface area contributed by atoms with Crippen molar-refractivity contribution in [3.8, 4) is 0 Å². The van der Waals surface area contributed by atoms with Crippen LogP contribution >= 0.6 is 0 Å². The number of nitrogens with two attached hydrogens (primary N) is 1. The molecular formula is C15H15NO2. The quantitative estimate of drug-likeness (QED) is 0.812. The van der Waals surface area contributed by atoms with E-state index in [2.05, 4.69) is 0 Å². The Bertz CT molecular complexity index is 578. The van der Waals surface area contributed by atoms with Gasteiger partial charge in [-0.1, -0.05) is 48.0 Å². The average Bonchev–Trinajstić information content (AvgIpc) is 2.32. The molecule has 0 fully saturated rings. The first-order valence-corrected chi connectivity index (χ1v) is 5.73. The van der Waals surface area contributed by atoms with E-state index in [-0.39, 0.29) is 0 Å². The van der Waals surface area contributed by atoms with Gasteiger partial charge in [0.05, 0.1) is 0 Å². The average molecular weight is 241 g/mol. The predicted octanol–water partition coefficient (Wildman–Crippen LogP) is 2.79. The Morgan fingerprint density at radius 3 is 2.50 bits per heavy atom. The van der Waals surface area contributed by atoms with E-state index in [1.54, 1.807) is 24.3 Å². The van der Waals surface area contributed by atoms with Crippen LogP contribution in [0.1, 0.15) is 22.6 Å². The normalized spacial score (nSPS) is 12.1. The lowest BCUT2D eigenvalue weighted by Crippen LogP contribution is -2.14. The number of aliphatic carboxylic acids is 1. The summed E-state index contributed by atoms with van der Waals surface area (Å²) in [6.45, 7) is 1.94. The fraction of sp³-hybridized carbons (Fsp3) is 0.133. The van der Waals surface area contributed by atoms with Gasteiger partial charge in [0.1, 0.15) is 5.92 Å². The standard InChI is InChI=1S/C15H15NO2/c1-10-5-4-6-11(9-10)14(15(17)18)12-7-2-3-8-13(12)16/h2-9,14H,16H2,1H3,(H,17,18). The summed E-state index contributed by atoms with van der Waals surface area (Å²) in [5.74, 6) is -1.61. The zero-order valence-electron chi connectivity index (χ0n) is 10.1. The van der Waals surface area contributed by atoms with Crippen LogP contribution in [0.15, 0.2) is 48.5 Å². The Kier molecular flexibility index (Phi) is 3.33. The smallest absolute Gasteiger partial charge is 0.315 e. The molecule has 0 aliphatic rings. The van der Waals surface area contributed by atoms with Gasteiger partial charge in [0, 0.05) is 5.69 Å². The van der Waals surface area contributed by atoms with Crippen molar-refractivity contribution in [2.24, 2.45) is 0 Å². The third-order valence-corrected chi connectivity index (χ3v) is 2.93. The summed E-state index contributed by atoms with van der Waals surface area (Å²) in [5, 5.41) is 9.44. The highest BCUT2D eigenvalue weighted by Gasteiger charge is 2.23. The number of rotatable bonds is 3. The Labute approximate surface area is 106 Å². The van der Waals surface area contributed by atoms with Crippen LogP contribution in [0.5, 0.6) is 0 Å². The van der Waals surface area contributed by atoms with Crippen molar-refractivity contribution in [2.45, 2.75) is 12.8 Å². The molecule has 0 heterocycles. The second-order valence-electron chi connectivity index (χ2n) is 4.31. The number of hydrogen-bond acceptors (Lipinski definition) is 2. The summed E-state index contributed by atoms with van der Waals surface area (Å²) in [6.07, 6.45) is 0. The first-order valence-electron chi connectivity index (χ1n) is 5.73. The molecule has 0 spiro atoms. The maximum atomic E-state index is 11.5. The summed E-state index contributed by atoms with van der Waals surface area (Å²) in [4.78, 5) is 11.5. The lowest BCUT2D eigenvalue weighted by Gasteiger charge is -2.15. The largest absolute Gasteiger partial charge is 0.481 e. The van der Waals surface area contributed by atoms with Crippen LogP contribution in [0.25, 0.3) is 0 Å². The SMILES string of the molecule is Cc1cccc(C(C(=O)O)c2ccccc2N)c1. The van der Waals surface area contributed by atoms with Crippen molar-refractivity contribution in [3.63, 3.8) is 0 Å². The number of carboxylic acids is 1. The number of nitrogen functional groups attached to an aromatic ring is 1. The maximum Gasteiger partial charge on any atom is 0.315 e. The molecule has 3 heteroatoms. The maximum absolute atomic E-state index is 11.5. The van der Waals surface area contributed by atoms with Crippen molar-refractivity contribution in [2.75, 3.05) is 5.73 Å². The predicted molar refractivity (Wildman–Crippen MR) is 71.5 cm³/mol. The molecule has 0 saturated carbocycles. The molecule has 18 heavy (non-hydrogen) atoms. The Hall–Kier alpha value is -2.29. The summed E-state index contributed by atoms with van der Waals surface area (Å²) >= 11 is 0. The Balaban J connectivity index is 2.54. The van der Waals surface area contributed by atoms with Crippen molar-refractivity contribution >= 4 is 11.7 Å². The van der Waals surface area contributed by atoms with Gasteiger partial charge in [-0.05, 0) is 24.1 Å². The molecule has 3 nitrogen and oxygen atoms in total. The number of aryl methyl sites for hydroxylation is 1. The van der Waals surface area contributed by atoms with E-state index in [1.165, 1.54) is 0 Å². The molecule has 0 aliphatic heterocycles. The van der Waals surface area contributed by atoms with E-state index >= 15 is 0 Å². The fourth-order valence-corrected chi connectivity index (χ4v) is 2.08. The van der Waals surface area contributed by atoms with Gasteiger partial charge in [-0.15, -0.1) is 0 Å². The molecule has 3 N–H and O–H groups in total. The second-order valence-corrected chi connectivity index (χ2v) is 4.31. The van der Waals surface area contributed by atoms with E-state index in [0.717, 1.165) is 11.1 Å². The van der Waals surface area contributed by atoms with Crippen LogP contribution in [-0.4, -0.2) is 11.1 Å². The summed E-state index contributed by atoms with van der Waals surface area (Å²) < 4.78 is 0. The second kappa shape index (κ2) is 4.92. The van der Waals surface area contributed by atoms with E-state index in [4.69, 9.17) is 5.73 Å². The van der Waals surface area contributed by atoms with Gasteiger partial charge in [-0.2, -0.15) is 0 Å². The fourth-order valence-electron chi connectivity index (χ4n) is 2.08. The number of carbonyl (C=O) groups is 1. The molecule has 2 aromatic rings. The van der Waals surface area contributed by atoms with Crippen molar-refractivity contribution < 1.29 is 9.90 Å². The topological polar surface area (TPSA) is 63.3 Å². The highest BCUT2D eigenvalue weighted by atomic mass is 16.4. The number of anilines is 1. The van der Waals surface area contributed by atoms with Gasteiger partial charge in [-0.25, -0.2) is 0 Å². The van der Waals surface area contributed by atoms with Gasteiger partial charge in [0.2, 0.25) is 0 Å². The van der Waals surface area contributed by atoms with Crippen LogP contribution in [0, 0.1) is 6.92 Å². The van der Waals surface area contributed by atoms with Gasteiger partial charge in [0.15, 0.2) is 0 Å². The lowest BCUT2D eigenvalue weighted by molar-refractivity contribution is -0.137. The lowest BCUT2D eigenvalue weighted by atomic mass is 9.89. The highest BCUT2D eigenvalue weighted by molar-refractivity contribution is 5.82. The molecule has 1 unspecified atom stereocenters. The van der Waals surface area contributed by atoms with Crippen LogP contribution in [-0.2, 0) is 4.79 Å². The minimum absolute atomic E-state index is 0.506. The minimum atomic E-state index is -0.890. The van der Waals surface area contributed by atoms with E-state index in [1.807, 2.05) is 31.2 Å². The number of carboxylic acid groups (broad SMARTS) is 1. The molecule has 0 bridgehead atoms. The van der Waals surface area contributed by atoms with E-state index in [9.17, 15) is 9.90 Å².